The monoisotopic (exact) mass is 378 g/mol. The zero-order valence-electron chi connectivity index (χ0n) is 15.7. The SMILES string of the molecule is O=C(c1ccccc1)c1c2ccccc2n(Cc2ccc3ccccc3c2)[n+]1[O-]. The molecule has 0 saturated heterocycles. The van der Waals surface area contributed by atoms with Gasteiger partial charge in [0.2, 0.25) is 0 Å². The van der Waals surface area contributed by atoms with Crippen LogP contribution < -0.4 is 4.85 Å². The smallest absolute Gasteiger partial charge is 0.299 e. The minimum absolute atomic E-state index is 0.160. The first-order valence-electron chi connectivity index (χ1n) is 9.51. The van der Waals surface area contributed by atoms with Crippen molar-refractivity contribution in [1.29, 1.82) is 0 Å². The lowest BCUT2D eigenvalue weighted by Crippen LogP contribution is -2.42. The molecule has 4 heteroatoms. The molecule has 0 aliphatic rings. The molecule has 0 aliphatic heterocycles. The highest BCUT2D eigenvalue weighted by Crippen LogP contribution is 2.22. The van der Waals surface area contributed by atoms with Crippen molar-refractivity contribution < 1.29 is 9.64 Å². The van der Waals surface area contributed by atoms with Crippen molar-refractivity contribution in [1.82, 2.24) is 4.68 Å². The van der Waals surface area contributed by atoms with Crippen LogP contribution in [0.25, 0.3) is 21.7 Å². The zero-order valence-corrected chi connectivity index (χ0v) is 15.7. The molecule has 0 atom stereocenters. The number of ketones is 1. The molecule has 0 unspecified atom stereocenters. The molecule has 4 nitrogen and oxygen atoms in total. The Morgan fingerprint density at radius 3 is 2.31 bits per heavy atom. The van der Waals surface area contributed by atoms with Crippen LogP contribution in [0, 0.1) is 5.21 Å². The number of nitrogens with zero attached hydrogens (tertiary/aromatic N) is 2. The summed E-state index contributed by atoms with van der Waals surface area (Å²) in [5.74, 6) is -0.269. The Hall–Kier alpha value is -3.92. The van der Waals surface area contributed by atoms with Gasteiger partial charge in [0.1, 0.15) is 12.1 Å². The highest BCUT2D eigenvalue weighted by molar-refractivity contribution is 6.13. The predicted molar refractivity (Wildman–Crippen MR) is 114 cm³/mol. The third-order valence-corrected chi connectivity index (χ3v) is 5.25. The normalized spacial score (nSPS) is 11.2. The van der Waals surface area contributed by atoms with E-state index >= 15 is 0 Å². The highest BCUT2D eigenvalue weighted by atomic mass is 16.5. The van der Waals surface area contributed by atoms with Crippen LogP contribution in [-0.2, 0) is 6.54 Å². The molecule has 1 heterocycles. The molecule has 0 saturated carbocycles. The second kappa shape index (κ2) is 6.91. The van der Waals surface area contributed by atoms with Crippen molar-refractivity contribution in [3.05, 3.63) is 119 Å². The van der Waals surface area contributed by atoms with Gasteiger partial charge in [-0.15, -0.1) is 4.68 Å². The number of aromatic nitrogens is 2. The lowest BCUT2D eigenvalue weighted by atomic mass is 10.1. The van der Waals surface area contributed by atoms with E-state index in [-0.39, 0.29) is 11.5 Å². The van der Waals surface area contributed by atoms with E-state index in [1.165, 1.54) is 0 Å². The fraction of sp³-hybridized carbons (Fsp3) is 0.0400. The van der Waals surface area contributed by atoms with Crippen LogP contribution in [0.4, 0.5) is 0 Å². The fourth-order valence-electron chi connectivity index (χ4n) is 3.82. The maximum atomic E-state index is 13.2. The molecule has 140 valence electrons. The summed E-state index contributed by atoms with van der Waals surface area (Å²) in [5.41, 5.74) is 2.42. The van der Waals surface area contributed by atoms with Crippen LogP contribution in [0.15, 0.2) is 97.1 Å². The van der Waals surface area contributed by atoms with Crippen LogP contribution in [0.2, 0.25) is 0 Å². The lowest BCUT2D eigenvalue weighted by Gasteiger charge is -2.07. The van der Waals surface area contributed by atoms with Crippen molar-refractivity contribution >= 4 is 27.5 Å². The van der Waals surface area contributed by atoms with Gasteiger partial charge in [-0.3, -0.25) is 4.79 Å². The fourth-order valence-corrected chi connectivity index (χ4v) is 3.82. The van der Waals surface area contributed by atoms with Gasteiger partial charge >= 0.3 is 0 Å². The van der Waals surface area contributed by atoms with Crippen LogP contribution in [0.5, 0.6) is 0 Å². The van der Waals surface area contributed by atoms with E-state index in [4.69, 9.17) is 0 Å². The summed E-state index contributed by atoms with van der Waals surface area (Å²) in [7, 11) is 0. The number of para-hydroxylation sites is 1. The van der Waals surface area contributed by atoms with E-state index in [9.17, 15) is 10.0 Å². The summed E-state index contributed by atoms with van der Waals surface area (Å²) in [6.45, 7) is 0.386. The van der Waals surface area contributed by atoms with E-state index < -0.39 is 0 Å². The summed E-state index contributed by atoms with van der Waals surface area (Å²) in [6.07, 6.45) is 0. The molecular formula is C25H18N2O2. The quantitative estimate of drug-likeness (QED) is 0.258. The molecule has 1 aromatic heterocycles. The molecule has 5 aromatic rings. The summed E-state index contributed by atoms with van der Waals surface area (Å²) in [4.78, 5) is 13.8. The number of carbonyl (C=O) groups is 1. The van der Waals surface area contributed by atoms with Gasteiger partial charge in [0, 0.05) is 5.56 Å². The van der Waals surface area contributed by atoms with E-state index in [0.29, 0.717) is 17.5 Å². The maximum Gasteiger partial charge on any atom is 0.299 e. The Balaban J connectivity index is 1.64. The van der Waals surface area contributed by atoms with Crippen molar-refractivity contribution in [3.63, 3.8) is 0 Å². The largest absolute Gasteiger partial charge is 0.595 e. The molecule has 0 fully saturated rings. The first-order valence-corrected chi connectivity index (χ1v) is 9.51. The zero-order chi connectivity index (χ0) is 19.8. The topological polar surface area (TPSA) is 48.9 Å². The number of carbonyl (C=O) groups excluding carboxylic acids is 1. The van der Waals surface area contributed by atoms with Gasteiger partial charge in [0.15, 0.2) is 0 Å². The van der Waals surface area contributed by atoms with Gasteiger partial charge in [0.05, 0.1) is 5.39 Å². The number of hydrogen-bond donors (Lipinski definition) is 0. The minimum Gasteiger partial charge on any atom is -0.595 e. The second-order valence-corrected chi connectivity index (χ2v) is 7.07. The van der Waals surface area contributed by atoms with E-state index in [2.05, 4.69) is 24.3 Å². The average molecular weight is 378 g/mol. The van der Waals surface area contributed by atoms with Crippen LogP contribution in [0.1, 0.15) is 21.6 Å². The van der Waals surface area contributed by atoms with E-state index in [1.54, 1.807) is 28.9 Å². The first-order chi connectivity index (χ1) is 14.2. The van der Waals surface area contributed by atoms with Gasteiger partial charge in [-0.2, -0.15) is 0 Å². The van der Waals surface area contributed by atoms with E-state index in [1.807, 2.05) is 48.5 Å². The molecule has 0 amide bonds. The molecule has 0 aliphatic carbocycles. The Bertz CT molecular complexity index is 1350. The standard InChI is InChI=1S/C25H18N2O2/c28-25(20-9-2-1-3-10-20)24-22-12-6-7-13-23(22)26(27(24)29)17-18-14-15-19-8-4-5-11-21(19)16-18/h1-16H,17H2. The lowest BCUT2D eigenvalue weighted by molar-refractivity contribution is -0.692. The average Bonchev–Trinajstić information content (AvgIpc) is 3.05. The molecule has 4 aromatic carbocycles. The number of benzene rings is 4. The van der Waals surface area contributed by atoms with Crippen molar-refractivity contribution in [2.45, 2.75) is 6.54 Å². The van der Waals surface area contributed by atoms with Gasteiger partial charge in [-0.1, -0.05) is 83.7 Å². The molecule has 0 radical (unpaired) electrons. The highest BCUT2D eigenvalue weighted by Gasteiger charge is 2.28. The number of rotatable bonds is 4. The van der Waals surface area contributed by atoms with Crippen molar-refractivity contribution in [2.75, 3.05) is 0 Å². The molecule has 0 N–H and O–H groups in total. The van der Waals surface area contributed by atoms with E-state index in [0.717, 1.165) is 26.7 Å². The van der Waals surface area contributed by atoms with Crippen LogP contribution in [-0.4, -0.2) is 10.5 Å². The third kappa shape index (κ3) is 2.95. The molecular weight excluding hydrogens is 360 g/mol. The Morgan fingerprint density at radius 2 is 1.48 bits per heavy atom. The molecule has 0 bridgehead atoms. The molecule has 29 heavy (non-hydrogen) atoms. The predicted octanol–water partition coefficient (Wildman–Crippen LogP) is 4.71. The van der Waals surface area contributed by atoms with Crippen molar-refractivity contribution in [2.24, 2.45) is 0 Å². The third-order valence-electron chi connectivity index (χ3n) is 5.25. The van der Waals surface area contributed by atoms with Crippen LogP contribution >= 0.6 is 0 Å². The van der Waals surface area contributed by atoms with Crippen LogP contribution in [0.3, 0.4) is 0 Å². The van der Waals surface area contributed by atoms with Crippen molar-refractivity contribution in [3.8, 4) is 0 Å². The Morgan fingerprint density at radius 1 is 0.793 bits per heavy atom. The number of hydrogen-bond acceptors (Lipinski definition) is 2. The maximum absolute atomic E-state index is 13.2. The van der Waals surface area contributed by atoms with Gasteiger partial charge in [-0.25, -0.2) is 0 Å². The summed E-state index contributed by atoms with van der Waals surface area (Å²) < 4.78 is 1.62. The van der Waals surface area contributed by atoms with Gasteiger partial charge in [-0.05, 0) is 34.5 Å². The van der Waals surface area contributed by atoms with Gasteiger partial charge in [0.25, 0.3) is 11.5 Å². The minimum atomic E-state index is -0.269. The molecule has 5 rings (SSSR count). The second-order valence-electron chi connectivity index (χ2n) is 7.07. The first kappa shape index (κ1) is 17.2. The Labute approximate surface area is 167 Å². The summed E-state index contributed by atoms with van der Waals surface area (Å²) in [6, 6.07) is 30.7. The molecule has 0 spiro atoms. The number of fused-ring (bicyclic) bond motifs is 2. The Kier molecular flexibility index (Phi) is 4.10. The van der Waals surface area contributed by atoms with Gasteiger partial charge < -0.3 is 5.21 Å². The summed E-state index contributed by atoms with van der Waals surface area (Å²) in [5, 5.41) is 16.2. The summed E-state index contributed by atoms with van der Waals surface area (Å²) >= 11 is 0.